The van der Waals surface area contributed by atoms with Gasteiger partial charge in [0.1, 0.15) is 0 Å². The van der Waals surface area contributed by atoms with Crippen molar-refractivity contribution in [1.29, 1.82) is 0 Å². The number of aromatic hydroxyl groups is 2. The zero-order chi connectivity index (χ0) is 19.9. The molecule has 0 aliphatic rings. The van der Waals surface area contributed by atoms with Gasteiger partial charge in [-0.05, 0) is 24.3 Å². The molecule has 6 heteroatoms. The van der Waals surface area contributed by atoms with Crippen LogP contribution in [0.25, 0.3) is 0 Å². The number of hydrogen-bond donors (Lipinski definition) is 2. The molecule has 2 N–H and O–H groups in total. The Bertz CT molecular complexity index is 860. The maximum absolute atomic E-state index is 10.5. The number of pyridine rings is 1. The zero-order valence-electron chi connectivity index (χ0n) is 16.0. The number of phenols is 2. The van der Waals surface area contributed by atoms with E-state index >= 15 is 0 Å². The molecule has 0 bridgehead atoms. The van der Waals surface area contributed by atoms with E-state index in [9.17, 15) is 10.2 Å². The summed E-state index contributed by atoms with van der Waals surface area (Å²) < 4.78 is 10.4. The number of nitrogens with zero attached hydrogens (tertiary/aromatic N) is 2. The molecule has 1 aromatic heterocycles. The third kappa shape index (κ3) is 4.53. The molecule has 0 unspecified atom stereocenters. The van der Waals surface area contributed by atoms with E-state index in [1.54, 1.807) is 18.3 Å². The summed E-state index contributed by atoms with van der Waals surface area (Å²) in [5.74, 6) is 1.09. The minimum absolute atomic E-state index is 0.117. The van der Waals surface area contributed by atoms with Gasteiger partial charge >= 0.3 is 0 Å². The maximum atomic E-state index is 10.5. The predicted molar refractivity (Wildman–Crippen MR) is 107 cm³/mol. The van der Waals surface area contributed by atoms with Crippen LogP contribution in [0.4, 0.5) is 0 Å². The smallest absolute Gasteiger partial charge is 0.162 e. The van der Waals surface area contributed by atoms with E-state index in [1.807, 2.05) is 42.5 Å². The summed E-state index contributed by atoms with van der Waals surface area (Å²) in [7, 11) is 3.05. The number of methoxy groups -OCH3 is 2. The lowest BCUT2D eigenvalue weighted by atomic mass is 10.1. The molecular weight excluding hydrogens is 356 g/mol. The molecule has 0 radical (unpaired) electrons. The van der Waals surface area contributed by atoms with Crippen LogP contribution in [0, 0.1) is 0 Å². The van der Waals surface area contributed by atoms with Crippen molar-refractivity contribution in [2.24, 2.45) is 0 Å². The number of ether oxygens (including phenoxy) is 2. The Morgan fingerprint density at radius 3 is 1.79 bits per heavy atom. The van der Waals surface area contributed by atoms with Gasteiger partial charge in [-0.2, -0.15) is 0 Å². The SMILES string of the molecule is COc1cccc(CN(Cc2ccccn2)Cc2cccc(OC)c2O)c1O. The average Bonchev–Trinajstić information content (AvgIpc) is 2.72. The van der Waals surface area contributed by atoms with E-state index < -0.39 is 0 Å². The standard InChI is InChI=1S/C22H24N2O4/c1-27-19-10-5-7-16(21(19)25)13-24(15-18-9-3-4-12-23-18)14-17-8-6-11-20(28-2)22(17)26/h3-12,25-26H,13-15H2,1-2H3. The van der Waals surface area contributed by atoms with Crippen molar-refractivity contribution in [2.45, 2.75) is 19.6 Å². The van der Waals surface area contributed by atoms with Gasteiger partial charge in [0.15, 0.2) is 23.0 Å². The molecule has 0 aliphatic carbocycles. The summed E-state index contributed by atoms with van der Waals surface area (Å²) in [6, 6.07) is 16.6. The number of para-hydroxylation sites is 2. The molecule has 3 rings (SSSR count). The molecule has 1 heterocycles. The van der Waals surface area contributed by atoms with E-state index in [2.05, 4.69) is 9.88 Å². The van der Waals surface area contributed by atoms with E-state index in [-0.39, 0.29) is 11.5 Å². The zero-order valence-corrected chi connectivity index (χ0v) is 16.0. The molecular formula is C22H24N2O4. The van der Waals surface area contributed by atoms with E-state index in [0.29, 0.717) is 31.1 Å². The van der Waals surface area contributed by atoms with Gasteiger partial charge in [-0.15, -0.1) is 0 Å². The number of phenolic OH excluding ortho intramolecular Hbond substituents is 2. The average molecular weight is 380 g/mol. The summed E-state index contributed by atoms with van der Waals surface area (Å²) in [5.41, 5.74) is 2.36. The van der Waals surface area contributed by atoms with Crippen LogP contribution in [0.15, 0.2) is 60.8 Å². The predicted octanol–water partition coefficient (Wildman–Crippen LogP) is 3.71. The summed E-state index contributed by atoms with van der Waals surface area (Å²) in [6.45, 7) is 1.46. The van der Waals surface area contributed by atoms with Crippen LogP contribution >= 0.6 is 0 Å². The Balaban J connectivity index is 1.89. The van der Waals surface area contributed by atoms with Crippen molar-refractivity contribution >= 4 is 0 Å². The normalized spacial score (nSPS) is 10.8. The fourth-order valence-corrected chi connectivity index (χ4v) is 3.09. The minimum Gasteiger partial charge on any atom is -0.504 e. The maximum Gasteiger partial charge on any atom is 0.162 e. The molecule has 0 amide bonds. The van der Waals surface area contributed by atoms with Gasteiger partial charge in [0, 0.05) is 37.0 Å². The first-order valence-electron chi connectivity index (χ1n) is 8.94. The van der Waals surface area contributed by atoms with E-state index in [1.165, 1.54) is 14.2 Å². The van der Waals surface area contributed by atoms with E-state index in [0.717, 1.165) is 16.8 Å². The highest BCUT2D eigenvalue weighted by Crippen LogP contribution is 2.33. The monoisotopic (exact) mass is 380 g/mol. The highest BCUT2D eigenvalue weighted by molar-refractivity contribution is 5.46. The van der Waals surface area contributed by atoms with Gasteiger partial charge in [0.05, 0.1) is 19.9 Å². The quantitative estimate of drug-likeness (QED) is 0.620. The topological polar surface area (TPSA) is 75.1 Å². The molecule has 6 nitrogen and oxygen atoms in total. The van der Waals surface area contributed by atoms with Crippen LogP contribution < -0.4 is 9.47 Å². The second-order valence-electron chi connectivity index (χ2n) is 6.40. The highest BCUT2D eigenvalue weighted by Gasteiger charge is 2.16. The second-order valence-corrected chi connectivity index (χ2v) is 6.40. The van der Waals surface area contributed by atoms with Crippen LogP contribution in [-0.4, -0.2) is 34.3 Å². The van der Waals surface area contributed by atoms with Gasteiger partial charge in [0.2, 0.25) is 0 Å². The Kier molecular flexibility index (Phi) is 6.34. The lowest BCUT2D eigenvalue weighted by Gasteiger charge is -2.24. The highest BCUT2D eigenvalue weighted by atomic mass is 16.5. The Labute approximate surface area is 164 Å². The van der Waals surface area contributed by atoms with Crippen LogP contribution in [0.3, 0.4) is 0 Å². The molecule has 2 aromatic carbocycles. The molecule has 0 aliphatic heterocycles. The lowest BCUT2D eigenvalue weighted by Crippen LogP contribution is -2.23. The van der Waals surface area contributed by atoms with Crippen LogP contribution in [0.5, 0.6) is 23.0 Å². The van der Waals surface area contributed by atoms with Crippen LogP contribution in [0.1, 0.15) is 16.8 Å². The van der Waals surface area contributed by atoms with Crippen molar-refractivity contribution in [3.8, 4) is 23.0 Å². The fraction of sp³-hybridized carbons (Fsp3) is 0.227. The summed E-state index contributed by atoms with van der Waals surface area (Å²) in [5, 5.41) is 20.9. The van der Waals surface area contributed by atoms with Gasteiger partial charge in [-0.1, -0.05) is 30.3 Å². The minimum atomic E-state index is 0.117. The van der Waals surface area contributed by atoms with Gasteiger partial charge in [-0.3, -0.25) is 9.88 Å². The van der Waals surface area contributed by atoms with E-state index in [4.69, 9.17) is 9.47 Å². The van der Waals surface area contributed by atoms with Crippen LogP contribution in [0.2, 0.25) is 0 Å². The summed E-state index contributed by atoms with van der Waals surface area (Å²) in [6.07, 6.45) is 1.75. The first kappa shape index (κ1) is 19.5. The number of benzene rings is 2. The van der Waals surface area contributed by atoms with Crippen molar-refractivity contribution in [2.75, 3.05) is 14.2 Å². The molecule has 0 fully saturated rings. The number of hydrogen-bond acceptors (Lipinski definition) is 6. The van der Waals surface area contributed by atoms with Gasteiger partial charge in [-0.25, -0.2) is 0 Å². The molecule has 3 aromatic rings. The molecule has 146 valence electrons. The first-order chi connectivity index (χ1) is 13.6. The molecule has 0 atom stereocenters. The third-order valence-electron chi connectivity index (χ3n) is 4.50. The Morgan fingerprint density at radius 1 is 0.750 bits per heavy atom. The van der Waals surface area contributed by atoms with Crippen molar-refractivity contribution in [3.05, 3.63) is 77.6 Å². The van der Waals surface area contributed by atoms with Crippen molar-refractivity contribution in [3.63, 3.8) is 0 Å². The van der Waals surface area contributed by atoms with Gasteiger partial charge in [0.25, 0.3) is 0 Å². The largest absolute Gasteiger partial charge is 0.504 e. The molecule has 0 saturated carbocycles. The number of rotatable bonds is 8. The third-order valence-corrected chi connectivity index (χ3v) is 4.50. The Morgan fingerprint density at radius 2 is 1.32 bits per heavy atom. The summed E-state index contributed by atoms with van der Waals surface area (Å²) >= 11 is 0. The fourth-order valence-electron chi connectivity index (χ4n) is 3.09. The van der Waals surface area contributed by atoms with Crippen molar-refractivity contribution in [1.82, 2.24) is 9.88 Å². The van der Waals surface area contributed by atoms with Gasteiger partial charge < -0.3 is 19.7 Å². The molecule has 0 spiro atoms. The molecule has 28 heavy (non-hydrogen) atoms. The summed E-state index contributed by atoms with van der Waals surface area (Å²) in [4.78, 5) is 6.49. The van der Waals surface area contributed by atoms with Crippen LogP contribution in [-0.2, 0) is 19.6 Å². The Hall–Kier alpha value is -3.25. The van der Waals surface area contributed by atoms with Crippen molar-refractivity contribution < 1.29 is 19.7 Å². The molecule has 0 saturated heterocycles. The first-order valence-corrected chi connectivity index (χ1v) is 8.94. The number of aromatic nitrogens is 1. The second kappa shape index (κ2) is 9.10. The lowest BCUT2D eigenvalue weighted by molar-refractivity contribution is 0.236.